The topological polar surface area (TPSA) is 49.3 Å². The number of rotatable bonds is 15. The Morgan fingerprint density at radius 1 is 0.889 bits per heavy atom. The zero-order chi connectivity index (χ0) is 20.2. The number of carbonyl (C=O) groups excluding carboxylic acids is 1. The summed E-state index contributed by atoms with van der Waals surface area (Å²) in [6.07, 6.45) is 26.8. The van der Waals surface area contributed by atoms with Crippen molar-refractivity contribution < 1.29 is 9.90 Å². The lowest BCUT2D eigenvalue weighted by Gasteiger charge is -2.28. The molecule has 0 rings (SSSR count). The van der Waals surface area contributed by atoms with Gasteiger partial charge in [0.25, 0.3) is 0 Å². The number of aliphatic hydroxyl groups is 1. The largest absolute Gasteiger partial charge is 0.388 e. The minimum absolute atomic E-state index is 0.153. The van der Waals surface area contributed by atoms with Crippen LogP contribution in [-0.4, -0.2) is 23.2 Å². The second kappa shape index (κ2) is 17.5. The lowest BCUT2D eigenvalue weighted by Crippen LogP contribution is -2.42. The summed E-state index contributed by atoms with van der Waals surface area (Å²) >= 11 is 0. The lowest BCUT2D eigenvalue weighted by atomic mass is 9.91. The van der Waals surface area contributed by atoms with Crippen LogP contribution >= 0.6 is 0 Å². The summed E-state index contributed by atoms with van der Waals surface area (Å²) in [5.41, 5.74) is -0.779. The number of nitrogens with one attached hydrogen (secondary N) is 1. The van der Waals surface area contributed by atoms with Crippen LogP contribution in [-0.2, 0) is 4.79 Å². The van der Waals surface area contributed by atoms with Crippen LogP contribution in [0, 0.1) is 0 Å². The molecule has 0 radical (unpaired) electrons. The Kier molecular flexibility index (Phi) is 16.3. The normalized spacial score (nSPS) is 13.2. The number of carbonyl (C=O) groups is 1. The summed E-state index contributed by atoms with van der Waals surface area (Å²) in [7, 11) is 0. The first-order valence-electron chi connectivity index (χ1n) is 10.4. The quantitative estimate of drug-likeness (QED) is 0.217. The van der Waals surface area contributed by atoms with Crippen LogP contribution < -0.4 is 5.32 Å². The van der Waals surface area contributed by atoms with Gasteiger partial charge in [0.05, 0.1) is 5.60 Å². The van der Waals surface area contributed by atoms with Gasteiger partial charge in [-0.05, 0) is 32.6 Å². The summed E-state index contributed by atoms with van der Waals surface area (Å²) in [4.78, 5) is 11.9. The van der Waals surface area contributed by atoms with E-state index < -0.39 is 5.60 Å². The van der Waals surface area contributed by atoms with Gasteiger partial charge in [-0.2, -0.15) is 0 Å². The van der Waals surface area contributed by atoms with E-state index in [0.29, 0.717) is 6.54 Å². The smallest absolute Gasteiger partial charge is 0.244 e. The second-order valence-corrected chi connectivity index (χ2v) is 6.85. The molecule has 2 N–H and O–H groups in total. The van der Waals surface area contributed by atoms with E-state index in [4.69, 9.17) is 0 Å². The van der Waals surface area contributed by atoms with Crippen molar-refractivity contribution in [1.82, 2.24) is 5.32 Å². The van der Waals surface area contributed by atoms with Gasteiger partial charge in [-0.15, -0.1) is 0 Å². The van der Waals surface area contributed by atoms with Crippen molar-refractivity contribution in [1.29, 1.82) is 0 Å². The van der Waals surface area contributed by atoms with E-state index in [2.05, 4.69) is 25.2 Å². The highest BCUT2D eigenvalue weighted by molar-refractivity contribution is 5.87. The van der Waals surface area contributed by atoms with Gasteiger partial charge in [-0.1, -0.05) is 94.2 Å². The third-order valence-electron chi connectivity index (χ3n) is 4.24. The number of hydrogen-bond donors (Lipinski definition) is 2. The summed E-state index contributed by atoms with van der Waals surface area (Å²) in [5.74, 6) is -0.153. The fourth-order valence-corrected chi connectivity index (χ4v) is 2.55. The van der Waals surface area contributed by atoms with E-state index in [-0.39, 0.29) is 5.91 Å². The molecule has 0 aromatic heterocycles. The van der Waals surface area contributed by atoms with Crippen LogP contribution in [0.2, 0.25) is 0 Å². The van der Waals surface area contributed by atoms with Crippen molar-refractivity contribution >= 4 is 5.91 Å². The van der Waals surface area contributed by atoms with Crippen molar-refractivity contribution in [2.45, 2.75) is 77.7 Å². The second-order valence-electron chi connectivity index (χ2n) is 6.85. The summed E-state index contributed by atoms with van der Waals surface area (Å²) < 4.78 is 0. The molecule has 0 spiro atoms. The van der Waals surface area contributed by atoms with Crippen LogP contribution in [0.5, 0.6) is 0 Å². The third kappa shape index (κ3) is 16.1. The zero-order valence-electron chi connectivity index (χ0n) is 17.5. The Morgan fingerprint density at radius 3 is 2.00 bits per heavy atom. The molecule has 0 aromatic carbocycles. The minimum atomic E-state index is -0.779. The van der Waals surface area contributed by atoms with E-state index in [1.54, 1.807) is 6.08 Å². The Hall–Kier alpha value is -1.87. The van der Waals surface area contributed by atoms with Gasteiger partial charge in [-0.25, -0.2) is 0 Å². The predicted octanol–water partition coefficient (Wildman–Crippen LogP) is 5.80. The highest BCUT2D eigenvalue weighted by Gasteiger charge is 2.25. The molecule has 0 heterocycles. The molecular weight excluding hydrogens is 334 g/mol. The van der Waals surface area contributed by atoms with Gasteiger partial charge in [0.1, 0.15) is 0 Å². The first-order valence-corrected chi connectivity index (χ1v) is 10.4. The number of hydrogen-bond acceptors (Lipinski definition) is 2. The van der Waals surface area contributed by atoms with E-state index in [1.807, 2.05) is 49.5 Å². The van der Waals surface area contributed by atoms with Gasteiger partial charge < -0.3 is 10.4 Å². The van der Waals surface area contributed by atoms with Gasteiger partial charge in [0.2, 0.25) is 5.91 Å². The van der Waals surface area contributed by atoms with Crippen molar-refractivity contribution in [3.63, 3.8) is 0 Å². The molecule has 0 unspecified atom stereocenters. The average molecular weight is 374 g/mol. The molecule has 3 heteroatoms. The van der Waals surface area contributed by atoms with Crippen LogP contribution in [0.3, 0.4) is 0 Å². The summed E-state index contributed by atoms with van der Waals surface area (Å²) in [6.45, 7) is 6.55. The van der Waals surface area contributed by atoms with E-state index in [9.17, 15) is 9.90 Å². The van der Waals surface area contributed by atoms with Crippen LogP contribution in [0.4, 0.5) is 0 Å². The average Bonchev–Trinajstić information content (AvgIpc) is 2.67. The first kappa shape index (κ1) is 25.1. The molecule has 0 fully saturated rings. The monoisotopic (exact) mass is 373 g/mol. The molecule has 0 aliphatic heterocycles. The van der Waals surface area contributed by atoms with E-state index in [0.717, 1.165) is 51.4 Å². The number of allylic oxidation sites excluding steroid dienone is 9. The van der Waals surface area contributed by atoms with Gasteiger partial charge in [0.15, 0.2) is 0 Å². The maximum atomic E-state index is 11.9. The molecule has 152 valence electrons. The summed E-state index contributed by atoms with van der Waals surface area (Å²) in [6, 6.07) is 0. The van der Waals surface area contributed by atoms with E-state index in [1.165, 1.54) is 6.08 Å². The third-order valence-corrected chi connectivity index (χ3v) is 4.24. The maximum Gasteiger partial charge on any atom is 0.244 e. The molecule has 0 bridgehead atoms. The maximum absolute atomic E-state index is 11.9. The Bertz CT molecular complexity index is 504. The van der Waals surface area contributed by atoms with Crippen molar-refractivity contribution in [3.05, 3.63) is 60.8 Å². The molecule has 0 aliphatic carbocycles. The van der Waals surface area contributed by atoms with Crippen molar-refractivity contribution in [3.8, 4) is 0 Å². The predicted molar refractivity (Wildman–Crippen MR) is 118 cm³/mol. The van der Waals surface area contributed by atoms with Gasteiger partial charge in [-0.3, -0.25) is 4.79 Å². The summed E-state index contributed by atoms with van der Waals surface area (Å²) in [5, 5.41) is 13.6. The van der Waals surface area contributed by atoms with Crippen LogP contribution in [0.1, 0.15) is 72.1 Å². The highest BCUT2D eigenvalue weighted by Crippen LogP contribution is 2.20. The van der Waals surface area contributed by atoms with Gasteiger partial charge in [0, 0.05) is 12.6 Å². The molecule has 0 saturated heterocycles. The zero-order valence-corrected chi connectivity index (χ0v) is 17.5. The molecular formula is C24H39NO2. The van der Waals surface area contributed by atoms with Crippen molar-refractivity contribution in [2.24, 2.45) is 0 Å². The molecule has 0 saturated carbocycles. The molecule has 0 aromatic rings. The molecule has 0 aliphatic rings. The van der Waals surface area contributed by atoms with Gasteiger partial charge >= 0.3 is 0 Å². The molecule has 0 atom stereocenters. The Balaban J connectivity index is 4.13. The SMILES string of the molecule is CC=CC=CC=CCCC=CC=CC(=O)NCC(O)(CCCC)CCCC. The van der Waals surface area contributed by atoms with Crippen LogP contribution in [0.25, 0.3) is 0 Å². The van der Waals surface area contributed by atoms with E-state index >= 15 is 0 Å². The fourth-order valence-electron chi connectivity index (χ4n) is 2.55. The molecule has 3 nitrogen and oxygen atoms in total. The Morgan fingerprint density at radius 2 is 1.44 bits per heavy atom. The number of amides is 1. The van der Waals surface area contributed by atoms with Crippen LogP contribution in [0.15, 0.2) is 60.8 Å². The molecule has 1 amide bonds. The standard InChI is InChI=1S/C24H39NO2/c1-4-7-10-11-12-13-14-15-16-17-18-19-23(26)25-22-24(27,20-8-5-2)21-9-6-3/h4,7,10-13,16-19,27H,5-6,8-9,14-15,20-22H2,1-3H3,(H,25,26). The fraction of sp³-hybridized carbons (Fsp3) is 0.542. The Labute approximate surface area is 166 Å². The highest BCUT2D eigenvalue weighted by atomic mass is 16.3. The minimum Gasteiger partial charge on any atom is -0.388 e. The lowest BCUT2D eigenvalue weighted by molar-refractivity contribution is -0.118. The number of unbranched alkanes of at least 4 members (excludes halogenated alkanes) is 3. The first-order chi connectivity index (χ1) is 13.1. The molecule has 27 heavy (non-hydrogen) atoms. The van der Waals surface area contributed by atoms with Crippen molar-refractivity contribution in [2.75, 3.05) is 6.54 Å².